The topological polar surface area (TPSA) is 55.8 Å². The number of aliphatic carboxylic acids is 1. The van der Waals surface area contributed by atoms with Crippen LogP contribution < -0.4 is 9.47 Å². The van der Waals surface area contributed by atoms with Gasteiger partial charge < -0.3 is 14.6 Å². The van der Waals surface area contributed by atoms with E-state index in [-0.39, 0.29) is 0 Å². The highest BCUT2D eigenvalue weighted by molar-refractivity contribution is 6.32. The summed E-state index contributed by atoms with van der Waals surface area (Å²) in [5.74, 6) is 0.169. The molecule has 0 atom stereocenters. The molecule has 1 N–H and O–H groups in total. The molecule has 90 valence electrons. The van der Waals surface area contributed by atoms with Crippen molar-refractivity contribution in [3.05, 3.63) is 22.7 Å². The zero-order valence-corrected chi connectivity index (χ0v) is 9.79. The highest BCUT2D eigenvalue weighted by Gasteiger charge is 2.54. The molecule has 0 amide bonds. The van der Waals surface area contributed by atoms with Gasteiger partial charge in [0.15, 0.2) is 11.5 Å². The number of carbonyl (C=O) groups is 1. The van der Waals surface area contributed by atoms with Crippen LogP contribution in [0.4, 0.5) is 0 Å². The molecule has 2 aliphatic rings. The highest BCUT2D eigenvalue weighted by Crippen LogP contribution is 2.55. The molecule has 17 heavy (non-hydrogen) atoms. The smallest absolute Gasteiger partial charge is 0.314 e. The van der Waals surface area contributed by atoms with Gasteiger partial charge in [0.05, 0.1) is 10.4 Å². The van der Waals surface area contributed by atoms with Crippen molar-refractivity contribution in [3.63, 3.8) is 0 Å². The van der Waals surface area contributed by atoms with Crippen molar-refractivity contribution >= 4 is 17.6 Å². The summed E-state index contributed by atoms with van der Waals surface area (Å²) in [6.45, 7) is 0.867. The Morgan fingerprint density at radius 3 is 2.47 bits per heavy atom. The normalized spacial score (nSPS) is 19.8. The van der Waals surface area contributed by atoms with E-state index in [1.54, 1.807) is 12.1 Å². The van der Waals surface area contributed by atoms with Crippen molar-refractivity contribution in [2.75, 3.05) is 13.2 Å². The highest BCUT2D eigenvalue weighted by atomic mass is 35.5. The number of halogens is 1. The number of benzene rings is 1. The minimum absolute atomic E-state index is 0.427. The molecule has 1 aromatic carbocycles. The predicted molar refractivity (Wildman–Crippen MR) is 61.0 cm³/mol. The Morgan fingerprint density at radius 2 is 1.88 bits per heavy atom. The maximum Gasteiger partial charge on any atom is 0.314 e. The van der Waals surface area contributed by atoms with E-state index in [2.05, 4.69) is 0 Å². The molecule has 4 nitrogen and oxygen atoms in total. The van der Waals surface area contributed by atoms with Crippen LogP contribution in [0.5, 0.6) is 11.5 Å². The van der Waals surface area contributed by atoms with Crippen molar-refractivity contribution < 1.29 is 19.4 Å². The molecular weight excluding hydrogens is 244 g/mol. The van der Waals surface area contributed by atoms with Crippen LogP contribution in [0.2, 0.25) is 5.02 Å². The van der Waals surface area contributed by atoms with Crippen LogP contribution in [0, 0.1) is 0 Å². The third-order valence-corrected chi connectivity index (χ3v) is 3.61. The second-order valence-corrected chi connectivity index (χ2v) is 4.74. The van der Waals surface area contributed by atoms with Crippen LogP contribution in [-0.2, 0) is 10.2 Å². The SMILES string of the molecule is O=C(O)C1(c2ccc(Cl)c3c2OCCO3)CC1. The molecule has 3 rings (SSSR count). The fraction of sp³-hybridized carbons (Fsp3) is 0.417. The Bertz CT molecular complexity index is 494. The van der Waals surface area contributed by atoms with Crippen LogP contribution in [0.3, 0.4) is 0 Å². The fourth-order valence-corrected chi connectivity index (χ4v) is 2.41. The number of hydrogen-bond donors (Lipinski definition) is 1. The van der Waals surface area contributed by atoms with Gasteiger partial charge in [-0.3, -0.25) is 4.79 Å². The lowest BCUT2D eigenvalue weighted by molar-refractivity contribution is -0.140. The quantitative estimate of drug-likeness (QED) is 0.879. The molecule has 0 unspecified atom stereocenters. The Labute approximate surface area is 103 Å². The summed E-state index contributed by atoms with van der Waals surface area (Å²) in [5, 5.41) is 9.76. The minimum Gasteiger partial charge on any atom is -0.486 e. The molecule has 0 radical (unpaired) electrons. The van der Waals surface area contributed by atoms with E-state index in [1.165, 1.54) is 0 Å². The molecule has 5 heteroatoms. The van der Waals surface area contributed by atoms with E-state index in [1.807, 2.05) is 0 Å². The van der Waals surface area contributed by atoms with Gasteiger partial charge in [0.25, 0.3) is 0 Å². The molecule has 0 spiro atoms. The monoisotopic (exact) mass is 254 g/mol. The van der Waals surface area contributed by atoms with Crippen LogP contribution >= 0.6 is 11.6 Å². The van der Waals surface area contributed by atoms with E-state index >= 15 is 0 Å². The first-order chi connectivity index (χ1) is 8.15. The second kappa shape index (κ2) is 3.53. The summed E-state index contributed by atoms with van der Waals surface area (Å²) in [5.41, 5.74) is -0.112. The van der Waals surface area contributed by atoms with Gasteiger partial charge in [0, 0.05) is 5.56 Å². The number of carboxylic acid groups (broad SMARTS) is 1. The molecule has 1 aliphatic heterocycles. The van der Waals surface area contributed by atoms with Crippen LogP contribution in [0.1, 0.15) is 18.4 Å². The average Bonchev–Trinajstić information content (AvgIpc) is 3.11. The van der Waals surface area contributed by atoms with Crippen LogP contribution in [0.25, 0.3) is 0 Å². The summed E-state index contributed by atoms with van der Waals surface area (Å²) in [6.07, 6.45) is 1.28. The zero-order chi connectivity index (χ0) is 12.0. The lowest BCUT2D eigenvalue weighted by atomic mass is 9.94. The lowest BCUT2D eigenvalue weighted by Crippen LogP contribution is -2.24. The van der Waals surface area contributed by atoms with Crippen molar-refractivity contribution in [1.82, 2.24) is 0 Å². The van der Waals surface area contributed by atoms with Gasteiger partial charge >= 0.3 is 5.97 Å². The number of carboxylic acids is 1. The van der Waals surface area contributed by atoms with E-state index in [0.29, 0.717) is 48.1 Å². The minimum atomic E-state index is -0.809. The summed E-state index contributed by atoms with van der Waals surface area (Å²) in [4.78, 5) is 11.3. The van der Waals surface area contributed by atoms with Gasteiger partial charge in [-0.15, -0.1) is 0 Å². The molecule has 0 bridgehead atoms. The summed E-state index contributed by atoms with van der Waals surface area (Å²) in [7, 11) is 0. The second-order valence-electron chi connectivity index (χ2n) is 4.34. The number of fused-ring (bicyclic) bond motifs is 1. The van der Waals surface area contributed by atoms with E-state index in [4.69, 9.17) is 21.1 Å². The first kappa shape index (κ1) is 10.7. The molecular formula is C12H11ClO4. The Hall–Kier alpha value is -1.42. The third-order valence-electron chi connectivity index (χ3n) is 3.32. The molecule has 1 saturated carbocycles. The first-order valence-corrected chi connectivity index (χ1v) is 5.85. The summed E-state index contributed by atoms with van der Waals surface area (Å²) < 4.78 is 11.0. The average molecular weight is 255 g/mol. The van der Waals surface area contributed by atoms with Gasteiger partial charge in [-0.25, -0.2) is 0 Å². The van der Waals surface area contributed by atoms with E-state index < -0.39 is 11.4 Å². The third kappa shape index (κ3) is 1.47. The molecule has 1 aromatic rings. The summed E-state index contributed by atoms with van der Waals surface area (Å²) >= 11 is 6.01. The number of ether oxygens (including phenoxy) is 2. The van der Waals surface area contributed by atoms with E-state index in [0.717, 1.165) is 0 Å². The van der Waals surface area contributed by atoms with Crippen LogP contribution in [0.15, 0.2) is 12.1 Å². The van der Waals surface area contributed by atoms with Gasteiger partial charge in [0.2, 0.25) is 0 Å². The fourth-order valence-electron chi connectivity index (χ4n) is 2.20. The van der Waals surface area contributed by atoms with Crippen molar-refractivity contribution in [3.8, 4) is 11.5 Å². The largest absolute Gasteiger partial charge is 0.486 e. The lowest BCUT2D eigenvalue weighted by Gasteiger charge is -2.24. The Morgan fingerprint density at radius 1 is 1.24 bits per heavy atom. The molecule has 0 aromatic heterocycles. The number of hydrogen-bond acceptors (Lipinski definition) is 3. The molecule has 1 aliphatic carbocycles. The predicted octanol–water partition coefficient (Wildman–Crippen LogP) is 2.23. The zero-order valence-electron chi connectivity index (χ0n) is 9.03. The number of rotatable bonds is 2. The van der Waals surface area contributed by atoms with Gasteiger partial charge in [-0.2, -0.15) is 0 Å². The van der Waals surface area contributed by atoms with E-state index in [9.17, 15) is 9.90 Å². The van der Waals surface area contributed by atoms with Gasteiger partial charge in [0.1, 0.15) is 13.2 Å². The van der Waals surface area contributed by atoms with Gasteiger partial charge in [-0.05, 0) is 18.9 Å². The molecule has 0 saturated heterocycles. The Balaban J connectivity index is 2.15. The Kier molecular flexibility index (Phi) is 2.23. The molecule has 1 fully saturated rings. The van der Waals surface area contributed by atoms with Crippen LogP contribution in [-0.4, -0.2) is 24.3 Å². The standard InChI is InChI=1S/C12H11ClO4/c13-8-2-1-7(12(3-4-12)11(14)15)9-10(8)17-6-5-16-9/h1-2H,3-6H2,(H,14,15). The maximum atomic E-state index is 11.3. The molecule has 1 heterocycles. The summed E-state index contributed by atoms with van der Waals surface area (Å²) in [6, 6.07) is 3.41. The van der Waals surface area contributed by atoms with Crippen molar-refractivity contribution in [2.45, 2.75) is 18.3 Å². The first-order valence-electron chi connectivity index (χ1n) is 5.47. The van der Waals surface area contributed by atoms with Crippen molar-refractivity contribution in [1.29, 1.82) is 0 Å². The van der Waals surface area contributed by atoms with Gasteiger partial charge in [-0.1, -0.05) is 17.7 Å². The van der Waals surface area contributed by atoms with Crippen molar-refractivity contribution in [2.24, 2.45) is 0 Å². The maximum absolute atomic E-state index is 11.3.